The van der Waals surface area contributed by atoms with E-state index in [2.05, 4.69) is 15.8 Å². The summed E-state index contributed by atoms with van der Waals surface area (Å²) in [4.78, 5) is 4.21. The number of nitrogens with one attached hydrogen (secondary N) is 1. The lowest BCUT2D eigenvalue weighted by atomic mass is 10.2. The maximum absolute atomic E-state index is 11.0. The van der Waals surface area contributed by atoms with Crippen molar-refractivity contribution in [2.75, 3.05) is 18.5 Å². The Morgan fingerprint density at radius 3 is 2.90 bits per heavy atom. The van der Waals surface area contributed by atoms with Gasteiger partial charge in [-0.2, -0.15) is 5.26 Å². The van der Waals surface area contributed by atoms with Gasteiger partial charge in [-0.05, 0) is 24.6 Å². The summed E-state index contributed by atoms with van der Waals surface area (Å²) in [6.45, 7) is 0.857. The van der Waals surface area contributed by atoms with Gasteiger partial charge in [0.15, 0.2) is 0 Å². The highest BCUT2D eigenvalue weighted by molar-refractivity contribution is 7.88. The largest absolute Gasteiger partial charge is 0.369 e. The molecule has 7 nitrogen and oxygen atoms in total. The van der Waals surface area contributed by atoms with Crippen LogP contribution in [0.5, 0.6) is 0 Å². The van der Waals surface area contributed by atoms with E-state index >= 15 is 0 Å². The molecule has 106 valence electrons. The Hall–Kier alpha value is -2.11. The number of nitrogens with zero attached hydrogens (tertiary/aromatic N) is 3. The van der Waals surface area contributed by atoms with Crippen LogP contribution >= 0.6 is 0 Å². The van der Waals surface area contributed by atoms with Crippen molar-refractivity contribution in [3.63, 3.8) is 0 Å². The molecule has 3 N–H and O–H groups in total. The Bertz CT molecular complexity index is 773. The summed E-state index contributed by atoms with van der Waals surface area (Å²) in [5.74, 6) is 0.356. The highest BCUT2D eigenvalue weighted by Crippen LogP contribution is 2.19. The quantitative estimate of drug-likeness (QED) is 0.776. The lowest BCUT2D eigenvalue weighted by molar-refractivity contribution is 0.578. The third-order valence-corrected chi connectivity index (χ3v) is 3.56. The molecule has 0 saturated heterocycles. The molecule has 0 spiro atoms. The van der Waals surface area contributed by atoms with E-state index in [4.69, 9.17) is 11.0 Å². The van der Waals surface area contributed by atoms with Gasteiger partial charge in [-0.15, -0.1) is 0 Å². The van der Waals surface area contributed by atoms with E-state index in [0.717, 1.165) is 17.3 Å². The van der Waals surface area contributed by atoms with Gasteiger partial charge in [0.1, 0.15) is 0 Å². The number of aromatic nitrogens is 2. The molecule has 1 heterocycles. The van der Waals surface area contributed by atoms with Crippen LogP contribution in [0.1, 0.15) is 12.0 Å². The molecule has 0 saturated carbocycles. The second-order valence-corrected chi connectivity index (χ2v) is 6.29. The van der Waals surface area contributed by atoms with Crippen molar-refractivity contribution < 1.29 is 8.42 Å². The number of fused-ring (bicyclic) bond motifs is 1. The van der Waals surface area contributed by atoms with Crippen molar-refractivity contribution in [1.29, 1.82) is 5.26 Å². The number of hydrogen-bond acceptors (Lipinski definition) is 5. The Balaban J connectivity index is 2.17. The summed E-state index contributed by atoms with van der Waals surface area (Å²) in [6, 6.07) is 7.22. The number of aryl methyl sites for hydroxylation is 1. The fourth-order valence-electron chi connectivity index (χ4n) is 1.94. The molecular formula is C12H15N5O2S. The Morgan fingerprint density at radius 1 is 1.50 bits per heavy atom. The van der Waals surface area contributed by atoms with Crippen LogP contribution in [0.15, 0.2) is 18.2 Å². The average molecular weight is 293 g/mol. The summed E-state index contributed by atoms with van der Waals surface area (Å²) in [6.07, 6.45) is 1.70. The molecule has 0 unspecified atom stereocenters. The number of rotatable bonds is 5. The first-order chi connectivity index (χ1) is 9.40. The van der Waals surface area contributed by atoms with Gasteiger partial charge < -0.3 is 10.3 Å². The molecule has 0 fully saturated rings. The summed E-state index contributed by atoms with van der Waals surface area (Å²) in [7, 11) is -3.18. The zero-order valence-electron chi connectivity index (χ0n) is 11.0. The van der Waals surface area contributed by atoms with Crippen LogP contribution in [-0.4, -0.2) is 30.8 Å². The highest BCUT2D eigenvalue weighted by atomic mass is 32.2. The molecule has 0 aliphatic carbocycles. The normalized spacial score (nSPS) is 11.6. The maximum Gasteiger partial charge on any atom is 0.208 e. The van der Waals surface area contributed by atoms with Gasteiger partial charge in [-0.3, -0.25) is 0 Å². The van der Waals surface area contributed by atoms with Gasteiger partial charge in [0, 0.05) is 13.1 Å². The third-order valence-electron chi connectivity index (χ3n) is 2.83. The molecule has 2 aromatic rings. The number of imidazole rings is 1. The van der Waals surface area contributed by atoms with Crippen LogP contribution in [0.3, 0.4) is 0 Å². The molecule has 20 heavy (non-hydrogen) atoms. The maximum atomic E-state index is 11.0. The smallest absolute Gasteiger partial charge is 0.208 e. The Labute approximate surface area is 117 Å². The first-order valence-electron chi connectivity index (χ1n) is 6.01. The number of hydrogen-bond donors (Lipinski definition) is 2. The number of benzene rings is 1. The fourth-order valence-corrected chi connectivity index (χ4v) is 2.46. The van der Waals surface area contributed by atoms with E-state index < -0.39 is 10.0 Å². The lowest BCUT2D eigenvalue weighted by Gasteiger charge is -2.07. The van der Waals surface area contributed by atoms with Crippen LogP contribution in [0, 0.1) is 11.3 Å². The number of nitriles is 1. The van der Waals surface area contributed by atoms with Crippen molar-refractivity contribution in [2.24, 2.45) is 0 Å². The molecule has 0 aliphatic rings. The van der Waals surface area contributed by atoms with Gasteiger partial charge in [0.05, 0.1) is 28.9 Å². The first kappa shape index (κ1) is 14.3. The molecule has 0 atom stereocenters. The number of nitrogens with two attached hydrogens (primary N) is 1. The molecule has 2 rings (SSSR count). The number of nitrogen functional groups attached to an aromatic ring is 1. The second kappa shape index (κ2) is 5.48. The van der Waals surface area contributed by atoms with E-state index in [1.54, 1.807) is 22.8 Å². The summed E-state index contributed by atoms with van der Waals surface area (Å²) in [5.41, 5.74) is 7.88. The second-order valence-electron chi connectivity index (χ2n) is 4.46. The predicted octanol–water partition coefficient (Wildman–Crippen LogP) is 0.429. The number of anilines is 1. The molecule has 0 radical (unpaired) electrons. The van der Waals surface area contributed by atoms with E-state index in [0.29, 0.717) is 31.0 Å². The van der Waals surface area contributed by atoms with Gasteiger partial charge in [0.25, 0.3) is 0 Å². The summed E-state index contributed by atoms with van der Waals surface area (Å²) < 4.78 is 26.1. The fraction of sp³-hybridized carbons (Fsp3) is 0.333. The molecule has 8 heteroatoms. The van der Waals surface area contributed by atoms with Gasteiger partial charge in [-0.25, -0.2) is 18.1 Å². The molecule has 0 amide bonds. The lowest BCUT2D eigenvalue weighted by Crippen LogP contribution is -2.24. The average Bonchev–Trinajstić information content (AvgIpc) is 2.68. The van der Waals surface area contributed by atoms with Crippen molar-refractivity contribution in [3.05, 3.63) is 23.8 Å². The van der Waals surface area contributed by atoms with Crippen LogP contribution in [0.2, 0.25) is 0 Å². The molecule has 0 aliphatic heterocycles. The number of sulfonamides is 1. The van der Waals surface area contributed by atoms with Crippen LogP contribution in [-0.2, 0) is 16.6 Å². The van der Waals surface area contributed by atoms with Crippen molar-refractivity contribution in [3.8, 4) is 6.07 Å². The zero-order valence-corrected chi connectivity index (χ0v) is 11.8. The summed E-state index contributed by atoms with van der Waals surface area (Å²) >= 11 is 0. The van der Waals surface area contributed by atoms with E-state index in [-0.39, 0.29) is 0 Å². The van der Waals surface area contributed by atoms with Crippen LogP contribution in [0.25, 0.3) is 11.0 Å². The van der Waals surface area contributed by atoms with Crippen LogP contribution in [0.4, 0.5) is 5.95 Å². The standard InChI is InChI=1S/C12H15N5O2S/c1-20(18,19)15-5-2-6-17-11-7-9(8-13)3-4-10(11)16-12(17)14/h3-4,7,15H,2,5-6H2,1H3,(H2,14,16). The first-order valence-corrected chi connectivity index (χ1v) is 7.90. The minimum Gasteiger partial charge on any atom is -0.369 e. The minimum absolute atomic E-state index is 0.329. The summed E-state index contributed by atoms with van der Waals surface area (Å²) in [5, 5.41) is 8.91. The zero-order chi connectivity index (χ0) is 14.8. The van der Waals surface area contributed by atoms with Gasteiger partial charge in [0.2, 0.25) is 16.0 Å². The topological polar surface area (TPSA) is 114 Å². The third kappa shape index (κ3) is 3.26. The molecule has 1 aromatic heterocycles. The minimum atomic E-state index is -3.18. The van der Waals surface area contributed by atoms with Gasteiger partial charge >= 0.3 is 0 Å². The SMILES string of the molecule is CS(=O)(=O)NCCCn1c(N)nc2ccc(C#N)cc21. The van der Waals surface area contributed by atoms with Crippen LogP contribution < -0.4 is 10.5 Å². The van der Waals surface area contributed by atoms with Crippen molar-refractivity contribution in [1.82, 2.24) is 14.3 Å². The van der Waals surface area contributed by atoms with E-state index in [1.807, 2.05) is 0 Å². The molecule has 0 bridgehead atoms. The monoisotopic (exact) mass is 293 g/mol. The Kier molecular flexibility index (Phi) is 3.92. The van der Waals surface area contributed by atoms with Gasteiger partial charge in [-0.1, -0.05) is 0 Å². The predicted molar refractivity (Wildman–Crippen MR) is 76.3 cm³/mol. The Morgan fingerprint density at radius 2 is 2.25 bits per heavy atom. The van der Waals surface area contributed by atoms with E-state index in [1.165, 1.54) is 0 Å². The highest BCUT2D eigenvalue weighted by Gasteiger charge is 2.09. The molecule has 1 aromatic carbocycles. The van der Waals surface area contributed by atoms with Crippen molar-refractivity contribution in [2.45, 2.75) is 13.0 Å². The van der Waals surface area contributed by atoms with Crippen molar-refractivity contribution >= 4 is 27.0 Å². The molecular weight excluding hydrogens is 278 g/mol. The van der Waals surface area contributed by atoms with E-state index in [9.17, 15) is 8.42 Å².